The third-order valence-corrected chi connectivity index (χ3v) is 4.72. The first-order valence-electron chi connectivity index (χ1n) is 7.89. The van der Waals surface area contributed by atoms with Crippen LogP contribution in [0.1, 0.15) is 0 Å². The summed E-state index contributed by atoms with van der Waals surface area (Å²) in [6.07, 6.45) is 2.88. The number of hydrogen-bond donors (Lipinski definition) is 1. The standard InChI is InChI=1S/C17H13FN6O2S/c1-23-15-13(6-19-17(23)26)24(9-20-15)7-14(25)22-16-21-12(8-27-16)10-2-4-11(18)5-3-10/h2-6,8-9H,7H2,1H3,(H,21,22,25). The molecule has 0 spiro atoms. The highest BCUT2D eigenvalue weighted by molar-refractivity contribution is 7.14. The molecule has 1 amide bonds. The number of halogens is 1. The number of amides is 1. The van der Waals surface area contributed by atoms with E-state index in [9.17, 15) is 14.0 Å². The van der Waals surface area contributed by atoms with Crippen LogP contribution < -0.4 is 11.0 Å². The van der Waals surface area contributed by atoms with Crippen molar-refractivity contribution in [2.45, 2.75) is 6.54 Å². The number of carbonyl (C=O) groups is 1. The van der Waals surface area contributed by atoms with E-state index < -0.39 is 5.69 Å². The molecular formula is C17H13FN6O2S. The SMILES string of the molecule is Cn1c(=O)ncc2c1ncn2CC(=O)Nc1nc(-c2ccc(F)cc2)cs1. The van der Waals surface area contributed by atoms with E-state index in [1.165, 1.54) is 40.6 Å². The number of rotatable bonds is 4. The number of carbonyl (C=O) groups excluding carboxylic acids is 1. The molecule has 0 unspecified atom stereocenters. The number of aryl methyl sites for hydroxylation is 1. The molecule has 10 heteroatoms. The number of hydrogen-bond acceptors (Lipinski definition) is 6. The number of fused-ring (bicyclic) bond motifs is 1. The zero-order chi connectivity index (χ0) is 19.0. The summed E-state index contributed by atoms with van der Waals surface area (Å²) in [5.74, 6) is -0.606. The molecule has 1 aromatic carbocycles. The molecule has 136 valence electrons. The lowest BCUT2D eigenvalue weighted by atomic mass is 10.2. The molecule has 0 aliphatic rings. The summed E-state index contributed by atoms with van der Waals surface area (Å²) in [5.41, 5.74) is 2.05. The highest BCUT2D eigenvalue weighted by Crippen LogP contribution is 2.25. The van der Waals surface area contributed by atoms with Gasteiger partial charge in [-0.05, 0) is 24.3 Å². The Hall–Kier alpha value is -3.40. The molecule has 1 N–H and O–H groups in total. The van der Waals surface area contributed by atoms with Crippen LogP contribution in [0.2, 0.25) is 0 Å². The predicted molar refractivity (Wildman–Crippen MR) is 98.9 cm³/mol. The molecule has 0 aliphatic carbocycles. The first-order valence-corrected chi connectivity index (χ1v) is 8.77. The highest BCUT2D eigenvalue weighted by atomic mass is 32.1. The van der Waals surface area contributed by atoms with Crippen molar-refractivity contribution in [2.24, 2.45) is 7.05 Å². The second-order valence-corrected chi connectivity index (χ2v) is 6.63. The van der Waals surface area contributed by atoms with Crippen LogP contribution in [0.5, 0.6) is 0 Å². The summed E-state index contributed by atoms with van der Waals surface area (Å²) in [6.45, 7) is 0.00183. The Balaban J connectivity index is 1.50. The molecule has 4 aromatic rings. The number of anilines is 1. The first kappa shape index (κ1) is 17.0. The van der Waals surface area contributed by atoms with Gasteiger partial charge in [-0.3, -0.25) is 9.36 Å². The zero-order valence-corrected chi connectivity index (χ0v) is 14.9. The van der Waals surface area contributed by atoms with E-state index in [0.717, 1.165) is 5.56 Å². The predicted octanol–water partition coefficient (Wildman–Crippen LogP) is 2.03. The molecule has 3 aromatic heterocycles. The number of imidazole rings is 1. The quantitative estimate of drug-likeness (QED) is 0.581. The van der Waals surface area contributed by atoms with Crippen molar-refractivity contribution in [1.82, 2.24) is 24.1 Å². The normalized spacial score (nSPS) is 11.0. The number of nitrogens with zero attached hydrogens (tertiary/aromatic N) is 5. The minimum Gasteiger partial charge on any atom is -0.318 e. The van der Waals surface area contributed by atoms with E-state index >= 15 is 0 Å². The number of benzene rings is 1. The molecule has 8 nitrogen and oxygen atoms in total. The van der Waals surface area contributed by atoms with Crippen molar-refractivity contribution in [3.63, 3.8) is 0 Å². The van der Waals surface area contributed by atoms with Crippen molar-refractivity contribution in [1.29, 1.82) is 0 Å². The van der Waals surface area contributed by atoms with Crippen LogP contribution in [0.4, 0.5) is 9.52 Å². The fraction of sp³-hybridized carbons (Fsp3) is 0.118. The van der Waals surface area contributed by atoms with E-state index in [1.54, 1.807) is 29.1 Å². The van der Waals surface area contributed by atoms with Gasteiger partial charge >= 0.3 is 5.69 Å². The van der Waals surface area contributed by atoms with Crippen molar-refractivity contribution in [3.05, 3.63) is 58.5 Å². The van der Waals surface area contributed by atoms with Crippen molar-refractivity contribution in [3.8, 4) is 11.3 Å². The molecule has 0 bridgehead atoms. The van der Waals surface area contributed by atoms with Gasteiger partial charge in [0.15, 0.2) is 10.8 Å². The molecular weight excluding hydrogens is 371 g/mol. The van der Waals surface area contributed by atoms with E-state index in [4.69, 9.17) is 0 Å². The maximum Gasteiger partial charge on any atom is 0.349 e. The average Bonchev–Trinajstić information content (AvgIpc) is 3.26. The molecule has 27 heavy (non-hydrogen) atoms. The molecule has 3 heterocycles. The lowest BCUT2D eigenvalue weighted by Gasteiger charge is -2.04. The summed E-state index contributed by atoms with van der Waals surface area (Å²) in [7, 11) is 1.57. The van der Waals surface area contributed by atoms with E-state index in [2.05, 4.69) is 20.3 Å². The zero-order valence-electron chi connectivity index (χ0n) is 14.1. The van der Waals surface area contributed by atoms with E-state index in [0.29, 0.717) is 22.0 Å². The van der Waals surface area contributed by atoms with Gasteiger partial charge in [-0.2, -0.15) is 4.98 Å². The van der Waals surface area contributed by atoms with Gasteiger partial charge in [-0.1, -0.05) is 0 Å². The van der Waals surface area contributed by atoms with Gasteiger partial charge in [-0.15, -0.1) is 11.3 Å². The largest absolute Gasteiger partial charge is 0.349 e. The van der Waals surface area contributed by atoms with E-state index in [-0.39, 0.29) is 18.3 Å². The summed E-state index contributed by atoms with van der Waals surface area (Å²) in [4.78, 5) is 36.1. The Morgan fingerprint density at radius 2 is 2.04 bits per heavy atom. The van der Waals surface area contributed by atoms with Crippen LogP contribution in [0, 0.1) is 5.82 Å². The van der Waals surface area contributed by atoms with Gasteiger partial charge in [0.1, 0.15) is 17.9 Å². The molecule has 0 fully saturated rings. The van der Waals surface area contributed by atoms with Gasteiger partial charge < -0.3 is 9.88 Å². The molecule has 4 rings (SSSR count). The monoisotopic (exact) mass is 384 g/mol. The summed E-state index contributed by atoms with van der Waals surface area (Å²) in [6, 6.07) is 5.98. The maximum absolute atomic E-state index is 13.0. The van der Waals surface area contributed by atoms with Crippen LogP contribution in [0.25, 0.3) is 22.4 Å². The van der Waals surface area contributed by atoms with Gasteiger partial charge in [0.05, 0.1) is 18.2 Å². The van der Waals surface area contributed by atoms with Gasteiger partial charge in [0, 0.05) is 18.0 Å². The summed E-state index contributed by atoms with van der Waals surface area (Å²) < 4.78 is 15.9. The Bertz CT molecular complexity index is 1190. The second-order valence-electron chi connectivity index (χ2n) is 5.77. The first-order chi connectivity index (χ1) is 13.0. The Morgan fingerprint density at radius 1 is 1.26 bits per heavy atom. The highest BCUT2D eigenvalue weighted by Gasteiger charge is 2.12. The lowest BCUT2D eigenvalue weighted by molar-refractivity contribution is -0.116. The average molecular weight is 384 g/mol. The molecule has 0 aliphatic heterocycles. The topological polar surface area (TPSA) is 94.7 Å². The summed E-state index contributed by atoms with van der Waals surface area (Å²) >= 11 is 1.28. The fourth-order valence-corrected chi connectivity index (χ4v) is 3.32. The van der Waals surface area contributed by atoms with Crippen molar-refractivity contribution >= 4 is 33.5 Å². The molecule has 0 atom stereocenters. The Kier molecular flexibility index (Phi) is 4.24. The van der Waals surface area contributed by atoms with Crippen LogP contribution in [-0.4, -0.2) is 30.0 Å². The number of thiazole rings is 1. The second kappa shape index (κ2) is 6.72. The lowest BCUT2D eigenvalue weighted by Crippen LogP contribution is -2.21. The third-order valence-electron chi connectivity index (χ3n) is 3.96. The number of aromatic nitrogens is 5. The Labute approximate surface area is 156 Å². The van der Waals surface area contributed by atoms with E-state index in [1.807, 2.05) is 0 Å². The van der Waals surface area contributed by atoms with Gasteiger partial charge in [-0.25, -0.2) is 19.2 Å². The Morgan fingerprint density at radius 3 is 2.81 bits per heavy atom. The fourth-order valence-electron chi connectivity index (χ4n) is 2.59. The van der Waals surface area contributed by atoms with Crippen molar-refractivity contribution < 1.29 is 9.18 Å². The van der Waals surface area contributed by atoms with Gasteiger partial charge in [0.25, 0.3) is 0 Å². The van der Waals surface area contributed by atoms with Crippen LogP contribution >= 0.6 is 11.3 Å². The van der Waals surface area contributed by atoms with Crippen LogP contribution in [0.15, 0.2) is 47.0 Å². The molecule has 0 saturated carbocycles. The summed E-state index contributed by atoms with van der Waals surface area (Å²) in [5, 5.41) is 4.96. The minimum atomic E-state index is -0.409. The van der Waals surface area contributed by atoms with Crippen molar-refractivity contribution in [2.75, 3.05) is 5.32 Å². The minimum absolute atomic E-state index is 0.00183. The van der Waals surface area contributed by atoms with Gasteiger partial charge in [0.2, 0.25) is 5.91 Å². The maximum atomic E-state index is 13.0. The van der Waals surface area contributed by atoms with Crippen LogP contribution in [-0.2, 0) is 18.4 Å². The van der Waals surface area contributed by atoms with Crippen LogP contribution in [0.3, 0.4) is 0 Å². The number of nitrogens with one attached hydrogen (secondary N) is 1. The molecule has 0 radical (unpaired) electrons. The smallest absolute Gasteiger partial charge is 0.318 e. The molecule has 0 saturated heterocycles. The third kappa shape index (κ3) is 3.34.